The van der Waals surface area contributed by atoms with Crippen LogP contribution in [-0.2, 0) is 4.74 Å². The van der Waals surface area contributed by atoms with Crippen molar-refractivity contribution in [1.82, 2.24) is 14.9 Å². The lowest BCUT2D eigenvalue weighted by Gasteiger charge is -2.27. The molecule has 1 N–H and O–H groups in total. The quantitative estimate of drug-likeness (QED) is 0.859. The largest absolute Gasteiger partial charge is 0.379 e. The standard InChI is InChI=1S/C22H31N5O/c1-2-4-20-19(3-1)21(27-15-17-5-6-18(16-27)8-7-17)25-22(24-20)23-9-10-26-11-13-28-14-12-26/h1-4,17-18H,5-16H2,(H,23,24,25). The average Bonchev–Trinajstić information content (AvgIpc) is 3.08. The lowest BCUT2D eigenvalue weighted by Crippen LogP contribution is -2.39. The van der Waals surface area contributed by atoms with E-state index in [1.54, 1.807) is 0 Å². The van der Waals surface area contributed by atoms with Crippen LogP contribution in [0.1, 0.15) is 25.7 Å². The van der Waals surface area contributed by atoms with Crippen molar-refractivity contribution >= 4 is 22.7 Å². The predicted molar refractivity (Wildman–Crippen MR) is 113 cm³/mol. The van der Waals surface area contributed by atoms with Crippen LogP contribution in [-0.4, -0.2) is 67.4 Å². The molecule has 0 radical (unpaired) electrons. The first-order valence-corrected chi connectivity index (χ1v) is 10.9. The lowest BCUT2D eigenvalue weighted by molar-refractivity contribution is 0.0398. The number of para-hydroxylation sites is 1. The molecule has 6 nitrogen and oxygen atoms in total. The van der Waals surface area contributed by atoms with Gasteiger partial charge >= 0.3 is 0 Å². The maximum atomic E-state index is 5.44. The Bertz CT molecular complexity index is 785. The number of rotatable bonds is 5. The number of hydrogen-bond acceptors (Lipinski definition) is 6. The molecule has 6 heteroatoms. The van der Waals surface area contributed by atoms with E-state index in [4.69, 9.17) is 14.7 Å². The fraction of sp³-hybridized carbons (Fsp3) is 0.636. The van der Waals surface area contributed by atoms with E-state index < -0.39 is 0 Å². The van der Waals surface area contributed by atoms with Crippen molar-refractivity contribution < 1.29 is 4.74 Å². The summed E-state index contributed by atoms with van der Waals surface area (Å²) in [6.07, 6.45) is 5.54. The van der Waals surface area contributed by atoms with Crippen molar-refractivity contribution in [2.75, 3.05) is 62.7 Å². The second-order valence-corrected chi connectivity index (χ2v) is 8.56. The van der Waals surface area contributed by atoms with Crippen LogP contribution in [0, 0.1) is 11.8 Å². The molecule has 1 aromatic heterocycles. The Balaban J connectivity index is 1.36. The van der Waals surface area contributed by atoms with E-state index in [1.165, 1.54) is 31.1 Å². The molecule has 0 unspecified atom stereocenters. The van der Waals surface area contributed by atoms with Crippen LogP contribution in [0.25, 0.3) is 10.9 Å². The summed E-state index contributed by atoms with van der Waals surface area (Å²) >= 11 is 0. The first-order chi connectivity index (χ1) is 13.8. The van der Waals surface area contributed by atoms with Crippen molar-refractivity contribution in [3.8, 4) is 0 Å². The van der Waals surface area contributed by atoms with Crippen LogP contribution in [0.2, 0.25) is 0 Å². The summed E-state index contributed by atoms with van der Waals surface area (Å²) in [4.78, 5) is 14.8. The molecular formula is C22H31N5O. The summed E-state index contributed by atoms with van der Waals surface area (Å²) in [7, 11) is 0. The van der Waals surface area contributed by atoms with E-state index in [0.29, 0.717) is 0 Å². The summed E-state index contributed by atoms with van der Waals surface area (Å²) in [5, 5.41) is 4.67. The number of nitrogens with one attached hydrogen (secondary N) is 1. The normalized spacial score (nSPS) is 25.8. The fourth-order valence-electron chi connectivity index (χ4n) is 5.00. The Hall–Kier alpha value is -1.92. The maximum Gasteiger partial charge on any atom is 0.225 e. The van der Waals surface area contributed by atoms with Crippen molar-refractivity contribution in [1.29, 1.82) is 0 Å². The second-order valence-electron chi connectivity index (χ2n) is 8.56. The number of aromatic nitrogens is 2. The molecular weight excluding hydrogens is 350 g/mol. The van der Waals surface area contributed by atoms with Gasteiger partial charge in [-0.05, 0) is 49.7 Å². The van der Waals surface area contributed by atoms with Crippen molar-refractivity contribution in [2.45, 2.75) is 25.7 Å². The molecule has 2 bridgehead atoms. The first-order valence-electron chi connectivity index (χ1n) is 10.9. The Morgan fingerprint density at radius 2 is 1.68 bits per heavy atom. The monoisotopic (exact) mass is 381 g/mol. The van der Waals surface area contributed by atoms with Crippen LogP contribution >= 0.6 is 0 Å². The summed E-state index contributed by atoms with van der Waals surface area (Å²) < 4.78 is 5.44. The highest BCUT2D eigenvalue weighted by Gasteiger charge is 2.30. The molecule has 28 heavy (non-hydrogen) atoms. The molecule has 4 heterocycles. The number of ether oxygens (including phenoxy) is 1. The zero-order chi connectivity index (χ0) is 18.8. The van der Waals surface area contributed by atoms with E-state index in [0.717, 1.165) is 81.6 Å². The number of hydrogen-bond donors (Lipinski definition) is 1. The van der Waals surface area contributed by atoms with Crippen LogP contribution in [0.3, 0.4) is 0 Å². The minimum atomic E-state index is 0.763. The van der Waals surface area contributed by atoms with Crippen LogP contribution in [0.5, 0.6) is 0 Å². The van der Waals surface area contributed by atoms with E-state index in [1.807, 2.05) is 0 Å². The van der Waals surface area contributed by atoms with E-state index in [2.05, 4.69) is 39.4 Å². The van der Waals surface area contributed by atoms with Crippen LogP contribution in [0.15, 0.2) is 24.3 Å². The molecule has 150 valence electrons. The number of anilines is 2. The highest BCUT2D eigenvalue weighted by Crippen LogP contribution is 2.37. The Morgan fingerprint density at radius 3 is 2.43 bits per heavy atom. The van der Waals surface area contributed by atoms with Gasteiger partial charge < -0.3 is 15.0 Å². The van der Waals surface area contributed by atoms with Gasteiger partial charge in [-0.15, -0.1) is 0 Å². The maximum absolute atomic E-state index is 5.44. The highest BCUT2D eigenvalue weighted by atomic mass is 16.5. The summed E-state index contributed by atoms with van der Waals surface area (Å²) in [6.45, 7) is 7.87. The molecule has 2 aromatic rings. The topological polar surface area (TPSA) is 53.5 Å². The minimum absolute atomic E-state index is 0.763. The molecule has 1 aliphatic carbocycles. The van der Waals surface area contributed by atoms with Gasteiger partial charge in [-0.2, -0.15) is 4.98 Å². The SMILES string of the molecule is c1ccc2c(N3CC4CCC(CC4)C3)nc(NCCN3CCOCC3)nc2c1. The van der Waals surface area contributed by atoms with Gasteiger partial charge in [-0.3, -0.25) is 4.90 Å². The van der Waals surface area contributed by atoms with Gasteiger partial charge in [0, 0.05) is 44.7 Å². The van der Waals surface area contributed by atoms with Gasteiger partial charge in [-0.25, -0.2) is 4.98 Å². The molecule has 4 fully saturated rings. The molecule has 3 saturated heterocycles. The Morgan fingerprint density at radius 1 is 0.964 bits per heavy atom. The molecule has 4 aliphatic rings. The highest BCUT2D eigenvalue weighted by molar-refractivity contribution is 5.90. The van der Waals surface area contributed by atoms with Gasteiger partial charge in [0.2, 0.25) is 5.95 Å². The van der Waals surface area contributed by atoms with Crippen LogP contribution in [0.4, 0.5) is 11.8 Å². The zero-order valence-corrected chi connectivity index (χ0v) is 16.6. The Kier molecular flexibility index (Phi) is 5.32. The minimum Gasteiger partial charge on any atom is -0.379 e. The molecule has 0 atom stereocenters. The van der Waals surface area contributed by atoms with Gasteiger partial charge in [0.25, 0.3) is 0 Å². The summed E-state index contributed by atoms with van der Waals surface area (Å²) in [5.74, 6) is 3.53. The molecule has 1 saturated carbocycles. The number of nitrogens with zero attached hydrogens (tertiary/aromatic N) is 4. The van der Waals surface area contributed by atoms with Gasteiger partial charge in [-0.1, -0.05) is 12.1 Å². The number of fused-ring (bicyclic) bond motifs is 5. The lowest BCUT2D eigenvalue weighted by atomic mass is 9.84. The molecule has 3 aliphatic heterocycles. The zero-order valence-electron chi connectivity index (χ0n) is 16.6. The van der Waals surface area contributed by atoms with E-state index in [9.17, 15) is 0 Å². The van der Waals surface area contributed by atoms with Crippen molar-refractivity contribution in [3.63, 3.8) is 0 Å². The van der Waals surface area contributed by atoms with Crippen molar-refractivity contribution in [2.24, 2.45) is 11.8 Å². The predicted octanol–water partition coefficient (Wildman–Crippen LogP) is 3.00. The first kappa shape index (κ1) is 18.1. The summed E-state index contributed by atoms with van der Waals surface area (Å²) in [5.41, 5.74) is 1.04. The van der Waals surface area contributed by atoms with Crippen molar-refractivity contribution in [3.05, 3.63) is 24.3 Å². The second kappa shape index (κ2) is 8.21. The Labute approximate surface area is 167 Å². The van der Waals surface area contributed by atoms with E-state index >= 15 is 0 Å². The molecule has 6 rings (SSSR count). The fourth-order valence-corrected chi connectivity index (χ4v) is 5.00. The van der Waals surface area contributed by atoms with Crippen LogP contribution < -0.4 is 10.2 Å². The smallest absolute Gasteiger partial charge is 0.225 e. The van der Waals surface area contributed by atoms with Gasteiger partial charge in [0.15, 0.2) is 0 Å². The third-order valence-electron chi connectivity index (χ3n) is 6.62. The van der Waals surface area contributed by atoms with Gasteiger partial charge in [0.1, 0.15) is 5.82 Å². The summed E-state index contributed by atoms with van der Waals surface area (Å²) in [6, 6.07) is 8.46. The average molecular weight is 382 g/mol. The molecule has 1 aromatic carbocycles. The molecule has 0 spiro atoms. The third kappa shape index (κ3) is 3.94. The van der Waals surface area contributed by atoms with E-state index in [-0.39, 0.29) is 0 Å². The van der Waals surface area contributed by atoms with Gasteiger partial charge in [0.05, 0.1) is 18.7 Å². The number of morpholine rings is 1. The third-order valence-corrected chi connectivity index (χ3v) is 6.62. The molecule has 0 amide bonds. The number of benzene rings is 1.